The standard InChI is InChI=1S/C16H8ClFN2S2/c17-9-7-11-12(8-10(9)18)20-16(14-4-2-6-22-14)15(19-11)13-3-1-5-21-13/h1-8H. The van der Waals surface area contributed by atoms with Crippen LogP contribution in [0.2, 0.25) is 5.02 Å². The fourth-order valence-electron chi connectivity index (χ4n) is 2.22. The molecule has 1 aromatic carbocycles. The molecule has 3 heterocycles. The maximum Gasteiger partial charge on any atom is 0.144 e. The number of hydrogen-bond donors (Lipinski definition) is 0. The minimum Gasteiger partial charge on any atom is -0.243 e. The highest BCUT2D eigenvalue weighted by molar-refractivity contribution is 7.14. The molecule has 0 spiro atoms. The van der Waals surface area contributed by atoms with Crippen molar-refractivity contribution in [1.82, 2.24) is 9.97 Å². The lowest BCUT2D eigenvalue weighted by Gasteiger charge is -2.08. The Labute approximate surface area is 138 Å². The van der Waals surface area contributed by atoms with Crippen LogP contribution in [0.3, 0.4) is 0 Å². The number of thiophene rings is 2. The van der Waals surface area contributed by atoms with E-state index in [1.165, 1.54) is 12.1 Å². The van der Waals surface area contributed by atoms with Gasteiger partial charge in [0.25, 0.3) is 0 Å². The van der Waals surface area contributed by atoms with Gasteiger partial charge >= 0.3 is 0 Å². The molecule has 108 valence electrons. The van der Waals surface area contributed by atoms with E-state index >= 15 is 0 Å². The van der Waals surface area contributed by atoms with Crippen LogP contribution in [0, 0.1) is 5.82 Å². The van der Waals surface area contributed by atoms with Gasteiger partial charge in [0.2, 0.25) is 0 Å². The minimum atomic E-state index is -0.482. The van der Waals surface area contributed by atoms with E-state index in [-0.39, 0.29) is 5.02 Å². The van der Waals surface area contributed by atoms with Gasteiger partial charge in [-0.2, -0.15) is 0 Å². The number of halogens is 2. The van der Waals surface area contributed by atoms with E-state index in [0.29, 0.717) is 11.0 Å². The van der Waals surface area contributed by atoms with Gasteiger partial charge in [-0.15, -0.1) is 22.7 Å². The van der Waals surface area contributed by atoms with Gasteiger partial charge in [0, 0.05) is 6.07 Å². The topological polar surface area (TPSA) is 25.8 Å². The van der Waals surface area contributed by atoms with E-state index in [4.69, 9.17) is 11.6 Å². The molecule has 22 heavy (non-hydrogen) atoms. The van der Waals surface area contributed by atoms with Crippen LogP contribution in [0.25, 0.3) is 32.2 Å². The second kappa shape index (κ2) is 5.43. The molecule has 0 atom stereocenters. The third-order valence-corrected chi connectivity index (χ3v) is 5.26. The first-order valence-electron chi connectivity index (χ1n) is 6.47. The van der Waals surface area contributed by atoms with E-state index in [1.54, 1.807) is 22.7 Å². The van der Waals surface area contributed by atoms with E-state index in [0.717, 1.165) is 21.1 Å². The van der Waals surface area contributed by atoms with Crippen LogP contribution in [0.15, 0.2) is 47.2 Å². The molecule has 2 nitrogen and oxygen atoms in total. The summed E-state index contributed by atoms with van der Waals surface area (Å²) in [5, 5.41) is 4.04. The van der Waals surface area contributed by atoms with Crippen molar-refractivity contribution in [2.75, 3.05) is 0 Å². The zero-order valence-corrected chi connectivity index (χ0v) is 13.5. The fourth-order valence-corrected chi connectivity index (χ4v) is 3.81. The summed E-state index contributed by atoms with van der Waals surface area (Å²) in [4.78, 5) is 11.3. The Kier molecular flexibility index (Phi) is 3.41. The molecule has 0 fully saturated rings. The molecule has 4 rings (SSSR count). The van der Waals surface area contributed by atoms with Crippen LogP contribution in [0.4, 0.5) is 4.39 Å². The van der Waals surface area contributed by atoms with Gasteiger partial charge in [-0.3, -0.25) is 0 Å². The van der Waals surface area contributed by atoms with Crippen LogP contribution < -0.4 is 0 Å². The summed E-state index contributed by atoms with van der Waals surface area (Å²) in [7, 11) is 0. The van der Waals surface area contributed by atoms with Crippen molar-refractivity contribution in [1.29, 1.82) is 0 Å². The van der Waals surface area contributed by atoms with E-state index in [2.05, 4.69) is 9.97 Å². The first kappa shape index (κ1) is 13.8. The van der Waals surface area contributed by atoms with Gasteiger partial charge in [-0.05, 0) is 29.0 Å². The summed E-state index contributed by atoms with van der Waals surface area (Å²) in [6.07, 6.45) is 0. The molecule has 0 saturated heterocycles. The predicted molar refractivity (Wildman–Crippen MR) is 91.1 cm³/mol. The molecular weight excluding hydrogens is 339 g/mol. The number of hydrogen-bond acceptors (Lipinski definition) is 4. The minimum absolute atomic E-state index is 0.0582. The molecule has 4 aromatic rings. The van der Waals surface area contributed by atoms with E-state index < -0.39 is 5.82 Å². The molecule has 0 aliphatic heterocycles. The summed E-state index contributed by atoms with van der Waals surface area (Å²) < 4.78 is 13.7. The van der Waals surface area contributed by atoms with Gasteiger partial charge in [-0.1, -0.05) is 23.7 Å². The Hall–Kier alpha value is -1.82. The largest absolute Gasteiger partial charge is 0.243 e. The maximum absolute atomic E-state index is 13.7. The number of fused-ring (bicyclic) bond motifs is 1. The molecule has 6 heteroatoms. The molecule has 0 N–H and O–H groups in total. The molecule has 0 aliphatic carbocycles. The van der Waals surface area contributed by atoms with Crippen molar-refractivity contribution in [2.24, 2.45) is 0 Å². The van der Waals surface area contributed by atoms with Crippen molar-refractivity contribution < 1.29 is 4.39 Å². The Morgan fingerprint density at radius 1 is 0.864 bits per heavy atom. The SMILES string of the molecule is Fc1cc2nc(-c3cccs3)c(-c3cccs3)nc2cc1Cl. The third-order valence-electron chi connectivity index (χ3n) is 3.22. The second-order valence-electron chi connectivity index (χ2n) is 4.63. The van der Waals surface area contributed by atoms with Gasteiger partial charge in [-0.25, -0.2) is 14.4 Å². The monoisotopic (exact) mass is 346 g/mol. The molecule has 0 saturated carbocycles. The normalized spacial score (nSPS) is 11.2. The average molecular weight is 347 g/mol. The fraction of sp³-hybridized carbons (Fsp3) is 0. The maximum atomic E-state index is 13.7. The lowest BCUT2D eigenvalue weighted by molar-refractivity contribution is 0.629. The summed E-state index contributed by atoms with van der Waals surface area (Å²) in [5.41, 5.74) is 2.67. The summed E-state index contributed by atoms with van der Waals surface area (Å²) in [5.74, 6) is -0.482. The molecule has 0 radical (unpaired) electrons. The lowest BCUT2D eigenvalue weighted by atomic mass is 10.2. The Bertz CT molecular complexity index is 871. The van der Waals surface area contributed by atoms with E-state index in [1.807, 2.05) is 35.0 Å². The molecule has 0 aliphatic rings. The van der Waals surface area contributed by atoms with Gasteiger partial charge in [0.05, 0.1) is 25.8 Å². The highest BCUT2D eigenvalue weighted by atomic mass is 35.5. The number of benzene rings is 1. The Balaban J connectivity index is 2.06. The molecule has 0 amide bonds. The van der Waals surface area contributed by atoms with Crippen molar-refractivity contribution in [2.45, 2.75) is 0 Å². The van der Waals surface area contributed by atoms with Crippen molar-refractivity contribution in [3.05, 3.63) is 58.0 Å². The van der Waals surface area contributed by atoms with E-state index in [9.17, 15) is 4.39 Å². The highest BCUT2D eigenvalue weighted by Gasteiger charge is 2.16. The van der Waals surface area contributed by atoms with Crippen LogP contribution in [-0.4, -0.2) is 9.97 Å². The zero-order valence-electron chi connectivity index (χ0n) is 11.1. The molecule has 0 unspecified atom stereocenters. The third kappa shape index (κ3) is 2.31. The summed E-state index contributed by atoms with van der Waals surface area (Å²) >= 11 is 9.05. The van der Waals surface area contributed by atoms with Gasteiger partial charge in [0.1, 0.15) is 17.2 Å². The zero-order chi connectivity index (χ0) is 15.1. The lowest BCUT2D eigenvalue weighted by Crippen LogP contribution is -1.94. The summed E-state index contributed by atoms with van der Waals surface area (Å²) in [6.45, 7) is 0. The number of rotatable bonds is 2. The summed E-state index contributed by atoms with van der Waals surface area (Å²) in [6, 6.07) is 10.8. The molecule has 0 bridgehead atoms. The van der Waals surface area contributed by atoms with Gasteiger partial charge in [0.15, 0.2) is 0 Å². The number of nitrogens with zero attached hydrogens (tertiary/aromatic N) is 2. The predicted octanol–water partition coefficient (Wildman–Crippen LogP) is 5.88. The van der Waals surface area contributed by atoms with Crippen LogP contribution in [0.1, 0.15) is 0 Å². The number of aromatic nitrogens is 2. The second-order valence-corrected chi connectivity index (χ2v) is 6.93. The highest BCUT2D eigenvalue weighted by Crippen LogP contribution is 2.36. The molecular formula is C16H8ClFN2S2. The molecule has 3 aromatic heterocycles. The van der Waals surface area contributed by atoms with Gasteiger partial charge < -0.3 is 0 Å². The Morgan fingerprint density at radius 3 is 1.91 bits per heavy atom. The smallest absolute Gasteiger partial charge is 0.144 e. The van der Waals surface area contributed by atoms with Crippen LogP contribution >= 0.6 is 34.3 Å². The van der Waals surface area contributed by atoms with Crippen molar-refractivity contribution >= 4 is 45.3 Å². The van der Waals surface area contributed by atoms with Crippen molar-refractivity contribution in [3.63, 3.8) is 0 Å². The average Bonchev–Trinajstić information content (AvgIpc) is 3.21. The first-order chi connectivity index (χ1) is 10.7. The van der Waals surface area contributed by atoms with Crippen LogP contribution in [-0.2, 0) is 0 Å². The van der Waals surface area contributed by atoms with Crippen molar-refractivity contribution in [3.8, 4) is 21.1 Å². The Morgan fingerprint density at radius 2 is 1.41 bits per heavy atom. The van der Waals surface area contributed by atoms with Crippen LogP contribution in [0.5, 0.6) is 0 Å². The first-order valence-corrected chi connectivity index (χ1v) is 8.60. The quantitative estimate of drug-likeness (QED) is 0.453.